The number of alkyl halides is 3. The van der Waals surface area contributed by atoms with Crippen LogP contribution >= 0.6 is 0 Å². The van der Waals surface area contributed by atoms with Crippen molar-refractivity contribution in [1.82, 2.24) is 0 Å². The average molecular weight is 641 g/mol. The fraction of sp³-hybridized carbons (Fsp3) is 0.667. The Morgan fingerprint density at radius 2 is 1.44 bits per heavy atom. The fourth-order valence-electron chi connectivity index (χ4n) is 7.49. The zero-order valence-electron chi connectivity index (χ0n) is 26.2. The standard InChI is InChI=1S/C36H46F6O3/c1-2-3-4-5-23-21-43-35(44-22-23)26-8-6-24(7-9-26)27-12-15-30(32(38)18-27)25-10-13-28(14-11-25)36(41,42)45-29-19-33(39)31(16-17-37)34(40)20-29/h12,15,18-20,23-26,28,35H,2-11,13-14,16-17,21-22H2,1H3. The average Bonchev–Trinajstić information content (AvgIpc) is 3.03. The molecule has 0 unspecified atom stereocenters. The molecule has 3 aliphatic rings. The summed E-state index contributed by atoms with van der Waals surface area (Å²) in [4.78, 5) is 0. The zero-order chi connectivity index (χ0) is 32.0. The van der Waals surface area contributed by atoms with Crippen molar-refractivity contribution >= 4 is 0 Å². The molecule has 0 bridgehead atoms. The second-order valence-electron chi connectivity index (χ2n) is 13.3. The molecule has 3 nitrogen and oxygen atoms in total. The first-order valence-electron chi connectivity index (χ1n) is 16.8. The van der Waals surface area contributed by atoms with Gasteiger partial charge in [-0.1, -0.05) is 38.3 Å². The highest BCUT2D eigenvalue weighted by atomic mass is 19.3. The molecule has 1 saturated heterocycles. The van der Waals surface area contributed by atoms with Gasteiger partial charge in [-0.15, -0.1) is 0 Å². The van der Waals surface area contributed by atoms with E-state index in [4.69, 9.17) is 14.2 Å². The molecule has 0 aromatic heterocycles. The smallest absolute Gasteiger partial charge is 0.400 e. The summed E-state index contributed by atoms with van der Waals surface area (Å²) in [7, 11) is 0. The Kier molecular flexibility index (Phi) is 11.8. The van der Waals surface area contributed by atoms with Crippen molar-refractivity contribution < 1.29 is 40.6 Å². The quantitative estimate of drug-likeness (QED) is 0.171. The minimum atomic E-state index is -3.66. The third kappa shape index (κ3) is 8.56. The molecule has 250 valence electrons. The predicted octanol–water partition coefficient (Wildman–Crippen LogP) is 10.4. The molecular weight excluding hydrogens is 594 g/mol. The van der Waals surface area contributed by atoms with Gasteiger partial charge < -0.3 is 14.2 Å². The number of halogens is 6. The van der Waals surface area contributed by atoms with Crippen LogP contribution in [-0.4, -0.2) is 32.3 Å². The van der Waals surface area contributed by atoms with Crippen molar-refractivity contribution in [1.29, 1.82) is 0 Å². The van der Waals surface area contributed by atoms with Gasteiger partial charge in [-0.25, -0.2) is 13.2 Å². The van der Waals surface area contributed by atoms with E-state index in [2.05, 4.69) is 6.92 Å². The van der Waals surface area contributed by atoms with Gasteiger partial charge in [0.15, 0.2) is 6.29 Å². The van der Waals surface area contributed by atoms with E-state index in [1.165, 1.54) is 19.3 Å². The molecule has 9 heteroatoms. The number of unbranched alkanes of at least 4 members (excludes halogenated alkanes) is 2. The minimum absolute atomic E-state index is 0.0819. The Balaban J connectivity index is 1.09. The maximum atomic E-state index is 15.4. The monoisotopic (exact) mass is 640 g/mol. The van der Waals surface area contributed by atoms with Gasteiger partial charge in [0.25, 0.3) is 0 Å². The molecule has 2 saturated carbocycles. The number of hydrogen-bond acceptors (Lipinski definition) is 3. The number of rotatable bonds is 12. The van der Waals surface area contributed by atoms with Gasteiger partial charge in [-0.05, 0) is 86.8 Å². The molecule has 5 rings (SSSR count). The summed E-state index contributed by atoms with van der Waals surface area (Å²) >= 11 is 0. The van der Waals surface area contributed by atoms with Crippen molar-refractivity contribution in [2.45, 2.75) is 115 Å². The Hall–Kier alpha value is -2.26. The minimum Gasteiger partial charge on any atom is -0.432 e. The first kappa shape index (κ1) is 34.1. The molecule has 2 aromatic carbocycles. The van der Waals surface area contributed by atoms with E-state index >= 15 is 4.39 Å². The molecule has 2 aliphatic carbocycles. The zero-order valence-corrected chi connectivity index (χ0v) is 26.2. The van der Waals surface area contributed by atoms with Crippen molar-refractivity contribution in [2.24, 2.45) is 17.8 Å². The summed E-state index contributed by atoms with van der Waals surface area (Å²) < 4.78 is 103. The van der Waals surface area contributed by atoms with Crippen LogP contribution in [0.3, 0.4) is 0 Å². The number of hydrogen-bond donors (Lipinski definition) is 0. The van der Waals surface area contributed by atoms with Gasteiger partial charge in [-0.2, -0.15) is 8.78 Å². The van der Waals surface area contributed by atoms with Crippen LogP contribution in [0.1, 0.15) is 112 Å². The first-order valence-corrected chi connectivity index (χ1v) is 16.8. The van der Waals surface area contributed by atoms with E-state index in [0.717, 1.165) is 50.9 Å². The van der Waals surface area contributed by atoms with Crippen LogP contribution < -0.4 is 4.74 Å². The number of benzene rings is 2. The van der Waals surface area contributed by atoms with Crippen molar-refractivity contribution in [3.05, 3.63) is 64.5 Å². The van der Waals surface area contributed by atoms with E-state index in [1.54, 1.807) is 6.07 Å². The second-order valence-corrected chi connectivity index (χ2v) is 13.3. The summed E-state index contributed by atoms with van der Waals surface area (Å²) in [5.74, 6) is -3.43. The van der Waals surface area contributed by atoms with Gasteiger partial charge in [0, 0.05) is 36.0 Å². The van der Waals surface area contributed by atoms with E-state index < -0.39 is 48.1 Å². The van der Waals surface area contributed by atoms with E-state index in [0.29, 0.717) is 42.4 Å². The molecule has 45 heavy (non-hydrogen) atoms. The summed E-state index contributed by atoms with van der Waals surface area (Å²) in [6.07, 6.45) is 5.25. The van der Waals surface area contributed by atoms with E-state index in [9.17, 15) is 22.0 Å². The van der Waals surface area contributed by atoms with Gasteiger partial charge in [-0.3, -0.25) is 4.39 Å². The van der Waals surface area contributed by atoms with Crippen molar-refractivity contribution in [3.8, 4) is 5.75 Å². The maximum absolute atomic E-state index is 15.4. The van der Waals surface area contributed by atoms with Gasteiger partial charge >= 0.3 is 6.11 Å². The molecule has 1 aliphatic heterocycles. The van der Waals surface area contributed by atoms with Crippen LogP contribution in [0.2, 0.25) is 0 Å². The Bertz CT molecular complexity index is 1210. The Labute approximate surface area is 263 Å². The molecule has 3 fully saturated rings. The van der Waals surface area contributed by atoms with Gasteiger partial charge in [0.05, 0.1) is 25.8 Å². The SMILES string of the molecule is CCCCCC1COC(C2CCC(c3ccc(C4CCC(C(F)(F)Oc5cc(F)c(CCF)c(F)c5)CC4)c(F)c3)CC2)OC1. The lowest BCUT2D eigenvalue weighted by atomic mass is 9.76. The van der Waals surface area contributed by atoms with E-state index in [-0.39, 0.29) is 36.8 Å². The highest BCUT2D eigenvalue weighted by Crippen LogP contribution is 2.45. The number of ether oxygens (including phenoxy) is 3. The third-order valence-electron chi connectivity index (χ3n) is 10.2. The van der Waals surface area contributed by atoms with Crippen molar-refractivity contribution in [3.63, 3.8) is 0 Å². The second kappa shape index (κ2) is 15.6. The summed E-state index contributed by atoms with van der Waals surface area (Å²) in [5, 5.41) is 0. The highest BCUT2D eigenvalue weighted by Gasteiger charge is 2.44. The molecule has 0 atom stereocenters. The molecule has 0 spiro atoms. The molecule has 0 amide bonds. The first-order chi connectivity index (χ1) is 21.7. The molecular formula is C36H46F6O3. The normalized spacial score (nSPS) is 27.8. The summed E-state index contributed by atoms with van der Waals surface area (Å²) in [6.45, 7) is 2.77. The third-order valence-corrected chi connectivity index (χ3v) is 10.2. The van der Waals surface area contributed by atoms with Gasteiger partial charge in [0.1, 0.15) is 23.2 Å². The summed E-state index contributed by atoms with van der Waals surface area (Å²) in [5.41, 5.74) is 1.02. The van der Waals surface area contributed by atoms with Crippen LogP contribution in [0, 0.1) is 35.2 Å². The lowest BCUT2D eigenvalue weighted by Crippen LogP contribution is -2.38. The predicted molar refractivity (Wildman–Crippen MR) is 161 cm³/mol. The molecule has 1 heterocycles. The highest BCUT2D eigenvalue weighted by molar-refractivity contribution is 5.32. The van der Waals surface area contributed by atoms with E-state index in [1.807, 2.05) is 12.1 Å². The lowest BCUT2D eigenvalue weighted by Gasteiger charge is -2.38. The van der Waals surface area contributed by atoms with Crippen LogP contribution in [-0.2, 0) is 15.9 Å². The van der Waals surface area contributed by atoms with Gasteiger partial charge in [0.2, 0.25) is 0 Å². The van der Waals surface area contributed by atoms with Crippen LogP contribution in [0.15, 0.2) is 30.3 Å². The van der Waals surface area contributed by atoms with Crippen LogP contribution in [0.25, 0.3) is 0 Å². The summed E-state index contributed by atoms with van der Waals surface area (Å²) in [6, 6.07) is 6.75. The largest absolute Gasteiger partial charge is 0.432 e. The Morgan fingerprint density at radius 3 is 2.04 bits per heavy atom. The van der Waals surface area contributed by atoms with Crippen molar-refractivity contribution in [2.75, 3.05) is 19.9 Å². The maximum Gasteiger partial charge on any atom is 0.400 e. The Morgan fingerprint density at radius 1 is 0.800 bits per heavy atom. The van der Waals surface area contributed by atoms with Crippen LogP contribution in [0.4, 0.5) is 26.3 Å². The molecule has 0 N–H and O–H groups in total. The molecule has 0 radical (unpaired) electrons. The lowest BCUT2D eigenvalue weighted by molar-refractivity contribution is -0.229. The fourth-order valence-corrected chi connectivity index (χ4v) is 7.49. The topological polar surface area (TPSA) is 27.7 Å². The molecule has 2 aromatic rings. The van der Waals surface area contributed by atoms with Crippen LogP contribution in [0.5, 0.6) is 5.75 Å².